The number of aryl methyl sites for hydroxylation is 2. The topological polar surface area (TPSA) is 98.8 Å². The molecule has 0 bridgehead atoms. The Morgan fingerprint density at radius 3 is 2.66 bits per heavy atom. The fourth-order valence-corrected chi connectivity index (χ4v) is 7.70. The Bertz CT molecular complexity index is 1290. The Morgan fingerprint density at radius 2 is 1.87 bits per heavy atom. The molecule has 0 unspecified atom stereocenters. The molecule has 2 atom stereocenters. The highest BCUT2D eigenvalue weighted by Gasteiger charge is 2.40. The van der Waals surface area contributed by atoms with E-state index >= 15 is 0 Å². The molecule has 5 rings (SSSR count). The van der Waals surface area contributed by atoms with Crippen LogP contribution in [0.1, 0.15) is 66.8 Å². The molecular weight excluding hydrogens is 500 g/mol. The van der Waals surface area contributed by atoms with Crippen molar-refractivity contribution >= 4 is 21.8 Å². The second kappa shape index (κ2) is 11.6. The zero-order valence-electron chi connectivity index (χ0n) is 22.1. The van der Waals surface area contributed by atoms with Gasteiger partial charge in [0.1, 0.15) is 6.04 Å². The number of rotatable bonds is 7. The molecule has 2 fully saturated rings. The number of hydrogen-bond donors (Lipinski definition) is 2. The third-order valence-electron chi connectivity index (χ3n) is 7.97. The summed E-state index contributed by atoms with van der Waals surface area (Å²) >= 11 is 0. The Balaban J connectivity index is 1.28. The number of benzene rings is 2. The van der Waals surface area contributed by atoms with Crippen molar-refractivity contribution in [3.63, 3.8) is 0 Å². The van der Waals surface area contributed by atoms with Gasteiger partial charge in [-0.1, -0.05) is 36.8 Å². The van der Waals surface area contributed by atoms with Crippen LogP contribution in [0.2, 0.25) is 0 Å². The van der Waals surface area contributed by atoms with Crippen LogP contribution in [0.3, 0.4) is 0 Å². The molecule has 0 spiro atoms. The minimum absolute atomic E-state index is 0.131. The largest absolute Gasteiger partial charge is 0.353 e. The van der Waals surface area contributed by atoms with Crippen LogP contribution < -0.4 is 10.6 Å². The van der Waals surface area contributed by atoms with E-state index < -0.39 is 22.0 Å². The van der Waals surface area contributed by atoms with Crippen molar-refractivity contribution in [2.24, 2.45) is 0 Å². The number of fused-ring (bicyclic) bond motifs is 1. The van der Waals surface area contributed by atoms with Crippen LogP contribution >= 0.6 is 0 Å². The average molecular weight is 539 g/mol. The number of carbonyl (C=O) groups excluding carboxylic acids is 2. The van der Waals surface area contributed by atoms with Gasteiger partial charge in [0.25, 0.3) is 0 Å². The van der Waals surface area contributed by atoms with E-state index in [0.29, 0.717) is 0 Å². The van der Waals surface area contributed by atoms with E-state index in [0.717, 1.165) is 50.0 Å². The van der Waals surface area contributed by atoms with Crippen molar-refractivity contribution in [1.82, 2.24) is 19.8 Å². The number of hydrogen-bond acceptors (Lipinski definition) is 5. The van der Waals surface area contributed by atoms with E-state index in [1.54, 1.807) is 12.1 Å². The van der Waals surface area contributed by atoms with Gasteiger partial charge < -0.3 is 10.6 Å². The first-order valence-corrected chi connectivity index (χ1v) is 15.2. The third kappa shape index (κ3) is 5.95. The molecule has 1 aliphatic carbocycles. The Kier molecular flexibility index (Phi) is 8.16. The van der Waals surface area contributed by atoms with Gasteiger partial charge in [0, 0.05) is 19.6 Å². The highest BCUT2D eigenvalue weighted by Crippen LogP contribution is 2.31. The van der Waals surface area contributed by atoms with Crippen LogP contribution in [0.25, 0.3) is 0 Å². The first-order chi connectivity index (χ1) is 18.3. The molecule has 0 saturated carbocycles. The lowest BCUT2D eigenvalue weighted by molar-refractivity contribution is -0.132. The molecule has 0 aromatic heterocycles. The number of carbonyl (C=O) groups is 2. The quantitative estimate of drug-likeness (QED) is 0.565. The minimum atomic E-state index is -3.92. The second-order valence-corrected chi connectivity index (χ2v) is 12.7. The van der Waals surface area contributed by atoms with Crippen LogP contribution in [0, 0.1) is 6.92 Å². The minimum Gasteiger partial charge on any atom is -0.353 e. The zero-order valence-corrected chi connectivity index (χ0v) is 22.9. The maximum atomic E-state index is 13.4. The van der Waals surface area contributed by atoms with Crippen molar-refractivity contribution in [3.05, 3.63) is 64.7 Å². The van der Waals surface area contributed by atoms with Crippen LogP contribution in [0.5, 0.6) is 0 Å². The fraction of sp³-hybridized carbons (Fsp3) is 0.517. The number of nitrogens with one attached hydrogen (secondary N) is 2. The van der Waals surface area contributed by atoms with Crippen molar-refractivity contribution < 1.29 is 18.0 Å². The standard InChI is InChI=1S/C29H38N4O4S/c1-21-7-5-9-24(17-21)38(36,37)33-16-13-30-29(35)27(33)19-28(34)31-26-10-6-8-23-18-22(11-12-25(23)26)20-32-14-3-2-4-15-32/h5,7,9,11-12,17-18,26-27H,2-4,6,8,10,13-16,19-20H2,1H3,(H,30,35)(H,31,34)/t26-,27-/m1/s1. The summed E-state index contributed by atoms with van der Waals surface area (Å²) in [5.41, 5.74) is 4.53. The molecule has 3 aliphatic rings. The van der Waals surface area contributed by atoms with Crippen molar-refractivity contribution in [3.8, 4) is 0 Å². The molecule has 2 saturated heterocycles. The predicted molar refractivity (Wildman–Crippen MR) is 146 cm³/mol. The molecular formula is C29H38N4O4S. The van der Waals surface area contributed by atoms with Crippen LogP contribution in [0.4, 0.5) is 0 Å². The van der Waals surface area contributed by atoms with Gasteiger partial charge in [-0.05, 0) is 86.5 Å². The van der Waals surface area contributed by atoms with E-state index in [1.165, 1.54) is 40.8 Å². The molecule has 0 radical (unpaired) electrons. The molecule has 2 N–H and O–H groups in total. The first kappa shape index (κ1) is 26.8. The van der Waals surface area contributed by atoms with Gasteiger partial charge in [0.15, 0.2) is 0 Å². The Morgan fingerprint density at radius 1 is 1.05 bits per heavy atom. The lowest BCUT2D eigenvalue weighted by Gasteiger charge is -2.34. The molecule has 38 heavy (non-hydrogen) atoms. The smallest absolute Gasteiger partial charge is 0.243 e. The molecule has 2 aromatic carbocycles. The molecule has 2 heterocycles. The molecule has 2 amide bonds. The van der Waals surface area contributed by atoms with E-state index in [4.69, 9.17) is 0 Å². The Labute approximate surface area is 225 Å². The summed E-state index contributed by atoms with van der Waals surface area (Å²) in [5, 5.41) is 5.85. The fourth-order valence-electron chi connectivity index (χ4n) is 6.01. The lowest BCUT2D eigenvalue weighted by Crippen LogP contribution is -2.58. The number of likely N-dealkylation sites (tertiary alicyclic amines) is 1. The summed E-state index contributed by atoms with van der Waals surface area (Å²) < 4.78 is 28.0. The van der Waals surface area contributed by atoms with Gasteiger partial charge in [0.2, 0.25) is 21.8 Å². The van der Waals surface area contributed by atoms with Crippen molar-refractivity contribution in [2.75, 3.05) is 26.2 Å². The predicted octanol–water partition coefficient (Wildman–Crippen LogP) is 3.05. The van der Waals surface area contributed by atoms with Gasteiger partial charge in [-0.25, -0.2) is 8.42 Å². The summed E-state index contributed by atoms with van der Waals surface area (Å²) in [6, 6.07) is 12.0. The maximum absolute atomic E-state index is 13.4. The highest BCUT2D eigenvalue weighted by atomic mass is 32.2. The van der Waals surface area contributed by atoms with E-state index in [9.17, 15) is 18.0 Å². The van der Waals surface area contributed by atoms with E-state index in [2.05, 4.69) is 33.7 Å². The zero-order chi connectivity index (χ0) is 26.7. The van der Waals surface area contributed by atoms with Gasteiger partial charge >= 0.3 is 0 Å². The first-order valence-electron chi connectivity index (χ1n) is 13.8. The summed E-state index contributed by atoms with van der Waals surface area (Å²) in [4.78, 5) is 28.6. The maximum Gasteiger partial charge on any atom is 0.243 e. The van der Waals surface area contributed by atoms with Crippen LogP contribution in [-0.2, 0) is 32.6 Å². The average Bonchev–Trinajstić information content (AvgIpc) is 2.90. The van der Waals surface area contributed by atoms with Crippen LogP contribution in [-0.4, -0.2) is 61.7 Å². The molecule has 8 nitrogen and oxygen atoms in total. The second-order valence-electron chi connectivity index (χ2n) is 10.8. The van der Waals surface area contributed by atoms with Gasteiger partial charge in [-0.3, -0.25) is 14.5 Å². The van der Waals surface area contributed by atoms with Gasteiger partial charge in [0.05, 0.1) is 17.4 Å². The summed E-state index contributed by atoms with van der Waals surface area (Å²) in [7, 11) is -3.92. The van der Waals surface area contributed by atoms with E-state index in [1.807, 2.05) is 13.0 Å². The Hall–Kier alpha value is -2.75. The van der Waals surface area contributed by atoms with Crippen LogP contribution in [0.15, 0.2) is 47.4 Å². The van der Waals surface area contributed by atoms with Gasteiger partial charge in [-0.15, -0.1) is 0 Å². The number of nitrogens with zero attached hydrogens (tertiary/aromatic N) is 2. The summed E-state index contributed by atoms with van der Waals surface area (Å²) in [6.45, 7) is 5.45. The van der Waals surface area contributed by atoms with Gasteiger partial charge in [-0.2, -0.15) is 4.31 Å². The van der Waals surface area contributed by atoms with E-state index in [-0.39, 0.29) is 36.4 Å². The number of sulfonamides is 1. The monoisotopic (exact) mass is 538 g/mol. The number of amides is 2. The number of piperazine rings is 1. The third-order valence-corrected chi connectivity index (χ3v) is 9.87. The normalized spacial score (nSPS) is 22.9. The summed E-state index contributed by atoms with van der Waals surface area (Å²) in [6.07, 6.45) is 6.43. The molecule has 2 aromatic rings. The lowest BCUT2D eigenvalue weighted by atomic mass is 9.86. The van der Waals surface area contributed by atoms with Crippen molar-refractivity contribution in [1.29, 1.82) is 0 Å². The highest BCUT2D eigenvalue weighted by molar-refractivity contribution is 7.89. The molecule has 9 heteroatoms. The summed E-state index contributed by atoms with van der Waals surface area (Å²) in [5.74, 6) is -0.749. The molecule has 204 valence electrons. The van der Waals surface area contributed by atoms with Crippen molar-refractivity contribution in [2.45, 2.75) is 75.4 Å². The molecule has 2 aliphatic heterocycles. The number of piperidine rings is 1. The SMILES string of the molecule is Cc1cccc(S(=O)(=O)N2CCNC(=O)[C@H]2CC(=O)N[C@@H]2CCCc3cc(CN4CCCCC4)ccc32)c1.